The molecule has 0 bridgehead atoms. The first kappa shape index (κ1) is 20.9. The molecular weight excluding hydrogens is 404 g/mol. The average Bonchev–Trinajstić information content (AvgIpc) is 3.21. The molecule has 2 N–H and O–H groups in total. The quantitative estimate of drug-likeness (QED) is 0.427. The summed E-state index contributed by atoms with van der Waals surface area (Å²) in [5, 5.41) is 21.5. The Balaban J connectivity index is 1.80. The molecule has 0 saturated carbocycles. The van der Waals surface area contributed by atoms with Crippen LogP contribution in [0.1, 0.15) is 34.6 Å². The Bertz CT molecular complexity index is 1160. The maximum atomic E-state index is 12.5. The predicted molar refractivity (Wildman–Crippen MR) is 113 cm³/mol. The van der Waals surface area contributed by atoms with Crippen molar-refractivity contribution in [1.29, 1.82) is 5.26 Å². The van der Waals surface area contributed by atoms with Crippen LogP contribution in [0.2, 0.25) is 5.02 Å². The molecule has 2 aromatic carbocycles. The molecule has 1 amide bonds. The van der Waals surface area contributed by atoms with E-state index in [1.807, 2.05) is 43.3 Å². The molecule has 6 nitrogen and oxygen atoms in total. The fourth-order valence-corrected chi connectivity index (χ4v) is 3.02. The van der Waals surface area contributed by atoms with Crippen LogP contribution in [0.3, 0.4) is 0 Å². The minimum absolute atomic E-state index is 0.0466. The molecule has 0 fully saturated rings. The molecular formula is C23H17ClN2O4. The third-order valence-corrected chi connectivity index (χ3v) is 4.74. The highest BCUT2D eigenvalue weighted by Gasteiger charge is 2.16. The number of nitriles is 1. The Morgan fingerprint density at radius 3 is 2.57 bits per heavy atom. The predicted octanol–water partition coefficient (Wildman–Crippen LogP) is 5.08. The third-order valence-electron chi connectivity index (χ3n) is 4.41. The Hall–Kier alpha value is -3.82. The monoisotopic (exact) mass is 420 g/mol. The van der Waals surface area contributed by atoms with Gasteiger partial charge in [0.2, 0.25) is 0 Å². The summed E-state index contributed by atoms with van der Waals surface area (Å²) in [5.74, 6) is -0.998. The second kappa shape index (κ2) is 9.12. The molecule has 0 aliphatic carbocycles. The van der Waals surface area contributed by atoms with Crippen molar-refractivity contribution in [3.05, 3.63) is 88.1 Å². The van der Waals surface area contributed by atoms with E-state index in [2.05, 4.69) is 5.32 Å². The lowest BCUT2D eigenvalue weighted by Crippen LogP contribution is -2.27. The van der Waals surface area contributed by atoms with Crippen LogP contribution in [-0.4, -0.2) is 17.0 Å². The number of nitrogens with zero attached hydrogens (tertiary/aromatic N) is 1. The van der Waals surface area contributed by atoms with Gasteiger partial charge in [-0.2, -0.15) is 5.26 Å². The van der Waals surface area contributed by atoms with Crippen LogP contribution >= 0.6 is 11.6 Å². The maximum Gasteiger partial charge on any atom is 0.337 e. The number of carboxylic acid groups (broad SMARTS) is 1. The topological polar surface area (TPSA) is 103 Å². The molecule has 150 valence electrons. The fourth-order valence-electron chi connectivity index (χ4n) is 2.82. The van der Waals surface area contributed by atoms with Crippen molar-refractivity contribution in [2.45, 2.75) is 13.0 Å². The van der Waals surface area contributed by atoms with Gasteiger partial charge in [-0.25, -0.2) is 4.79 Å². The summed E-state index contributed by atoms with van der Waals surface area (Å²) in [7, 11) is 0. The van der Waals surface area contributed by atoms with Crippen LogP contribution in [-0.2, 0) is 4.79 Å². The van der Waals surface area contributed by atoms with Gasteiger partial charge in [0.15, 0.2) is 0 Å². The lowest BCUT2D eigenvalue weighted by molar-refractivity contribution is -0.117. The normalized spacial score (nSPS) is 12.1. The highest BCUT2D eigenvalue weighted by Crippen LogP contribution is 2.27. The molecule has 7 heteroatoms. The lowest BCUT2D eigenvalue weighted by atomic mass is 10.1. The Labute approximate surface area is 178 Å². The number of furan rings is 1. The molecule has 0 aliphatic rings. The van der Waals surface area contributed by atoms with E-state index < -0.39 is 11.9 Å². The molecule has 1 atom stereocenters. The average molecular weight is 421 g/mol. The van der Waals surface area contributed by atoms with Crippen LogP contribution in [0, 0.1) is 11.3 Å². The van der Waals surface area contributed by atoms with Crippen LogP contribution in [0.4, 0.5) is 0 Å². The molecule has 1 aromatic heterocycles. The van der Waals surface area contributed by atoms with Gasteiger partial charge in [0.1, 0.15) is 23.2 Å². The van der Waals surface area contributed by atoms with Gasteiger partial charge < -0.3 is 14.8 Å². The number of hydrogen-bond acceptors (Lipinski definition) is 4. The molecule has 0 spiro atoms. The number of carbonyl (C=O) groups excluding carboxylic acids is 1. The number of amides is 1. The molecule has 1 heterocycles. The molecule has 3 aromatic rings. The first-order valence-corrected chi connectivity index (χ1v) is 9.37. The summed E-state index contributed by atoms with van der Waals surface area (Å²) in [4.78, 5) is 23.7. The van der Waals surface area contributed by atoms with E-state index in [0.29, 0.717) is 11.3 Å². The van der Waals surface area contributed by atoms with Gasteiger partial charge in [-0.3, -0.25) is 4.79 Å². The number of aromatic carboxylic acids is 1. The zero-order chi connectivity index (χ0) is 21.7. The van der Waals surface area contributed by atoms with Crippen molar-refractivity contribution in [3.8, 4) is 17.4 Å². The SMILES string of the molecule is CC(NC(=O)C(C#N)=Cc1ccc(-c2ccc(Cl)c(C(=O)O)c2)o1)c1ccccc1. The van der Waals surface area contributed by atoms with E-state index in [9.17, 15) is 20.0 Å². The third kappa shape index (κ3) is 4.77. The Morgan fingerprint density at radius 1 is 1.17 bits per heavy atom. The molecule has 0 aliphatic heterocycles. The number of benzene rings is 2. The minimum atomic E-state index is -1.15. The van der Waals surface area contributed by atoms with Crippen LogP contribution < -0.4 is 5.32 Å². The molecule has 30 heavy (non-hydrogen) atoms. The first-order valence-electron chi connectivity index (χ1n) is 8.99. The van der Waals surface area contributed by atoms with E-state index in [4.69, 9.17) is 16.0 Å². The van der Waals surface area contributed by atoms with Crippen molar-refractivity contribution in [1.82, 2.24) is 5.32 Å². The van der Waals surface area contributed by atoms with Gasteiger partial charge in [0.25, 0.3) is 5.91 Å². The summed E-state index contributed by atoms with van der Waals surface area (Å²) in [6.07, 6.45) is 1.34. The zero-order valence-electron chi connectivity index (χ0n) is 15.9. The summed E-state index contributed by atoms with van der Waals surface area (Å²) in [5.41, 5.74) is 1.27. The summed E-state index contributed by atoms with van der Waals surface area (Å²) < 4.78 is 5.67. The highest BCUT2D eigenvalue weighted by molar-refractivity contribution is 6.33. The Kier molecular flexibility index (Phi) is 6.35. The van der Waals surface area contributed by atoms with E-state index in [1.54, 1.807) is 18.2 Å². The number of nitrogens with one attached hydrogen (secondary N) is 1. The smallest absolute Gasteiger partial charge is 0.337 e. The minimum Gasteiger partial charge on any atom is -0.478 e. The standard InChI is InChI=1S/C23H17ClN2O4/c1-14(15-5-3-2-4-6-15)26-22(27)17(13-25)11-18-8-10-21(30-18)16-7-9-20(24)19(12-16)23(28)29/h2-12,14H,1H3,(H,26,27)(H,28,29). The van der Waals surface area contributed by atoms with Crippen molar-refractivity contribution in [2.24, 2.45) is 0 Å². The lowest BCUT2D eigenvalue weighted by Gasteiger charge is -2.13. The van der Waals surface area contributed by atoms with Crippen LogP contribution in [0.25, 0.3) is 17.4 Å². The number of halogens is 1. The molecule has 1 unspecified atom stereocenters. The number of rotatable bonds is 6. The number of carbonyl (C=O) groups is 2. The van der Waals surface area contributed by atoms with Crippen molar-refractivity contribution in [3.63, 3.8) is 0 Å². The first-order chi connectivity index (χ1) is 14.4. The second-order valence-corrected chi connectivity index (χ2v) is 6.88. The summed E-state index contributed by atoms with van der Waals surface area (Å²) in [6, 6.07) is 18.7. The summed E-state index contributed by atoms with van der Waals surface area (Å²) >= 11 is 5.89. The number of hydrogen-bond donors (Lipinski definition) is 2. The molecule has 0 radical (unpaired) electrons. The van der Waals surface area contributed by atoms with E-state index >= 15 is 0 Å². The van der Waals surface area contributed by atoms with Crippen LogP contribution in [0.5, 0.6) is 0 Å². The van der Waals surface area contributed by atoms with Crippen molar-refractivity contribution < 1.29 is 19.1 Å². The molecule has 0 saturated heterocycles. The molecule has 3 rings (SSSR count). The van der Waals surface area contributed by atoms with Gasteiger partial charge in [-0.15, -0.1) is 0 Å². The van der Waals surface area contributed by atoms with E-state index in [0.717, 1.165) is 5.56 Å². The van der Waals surface area contributed by atoms with E-state index in [1.165, 1.54) is 18.2 Å². The van der Waals surface area contributed by atoms with Crippen molar-refractivity contribution >= 4 is 29.6 Å². The fraction of sp³-hybridized carbons (Fsp3) is 0.0870. The van der Waals surface area contributed by atoms with Crippen molar-refractivity contribution in [2.75, 3.05) is 0 Å². The summed E-state index contributed by atoms with van der Waals surface area (Å²) in [6.45, 7) is 1.83. The Morgan fingerprint density at radius 2 is 1.90 bits per heavy atom. The van der Waals surface area contributed by atoms with Crippen LogP contribution in [0.15, 0.2) is 70.7 Å². The maximum absolute atomic E-state index is 12.5. The van der Waals surface area contributed by atoms with E-state index in [-0.39, 0.29) is 28.0 Å². The van der Waals surface area contributed by atoms with Gasteiger partial charge in [0, 0.05) is 11.6 Å². The zero-order valence-corrected chi connectivity index (χ0v) is 16.7. The number of carboxylic acids is 1. The highest BCUT2D eigenvalue weighted by atomic mass is 35.5. The van der Waals surface area contributed by atoms with Gasteiger partial charge >= 0.3 is 5.97 Å². The van der Waals surface area contributed by atoms with Gasteiger partial charge in [-0.1, -0.05) is 41.9 Å². The van der Waals surface area contributed by atoms with Gasteiger partial charge in [-0.05, 0) is 42.8 Å². The van der Waals surface area contributed by atoms with Gasteiger partial charge in [0.05, 0.1) is 16.6 Å². The largest absolute Gasteiger partial charge is 0.478 e. The second-order valence-electron chi connectivity index (χ2n) is 6.48.